The first-order chi connectivity index (χ1) is 13.1. The lowest BCUT2D eigenvalue weighted by Gasteiger charge is -2.19. The van der Waals surface area contributed by atoms with Crippen molar-refractivity contribution >= 4 is 17.6 Å². The lowest BCUT2D eigenvalue weighted by molar-refractivity contribution is -0.137. The van der Waals surface area contributed by atoms with Crippen LogP contribution in [0.1, 0.15) is 32.6 Å². The molecule has 0 aliphatic rings. The van der Waals surface area contributed by atoms with Crippen LogP contribution in [0.25, 0.3) is 0 Å². The number of nitrogens with zero attached hydrogens (tertiary/aromatic N) is 1. The molecule has 1 aromatic heterocycles. The van der Waals surface area contributed by atoms with Crippen molar-refractivity contribution in [2.45, 2.75) is 12.3 Å². The minimum absolute atomic E-state index is 0.165. The number of nitrogens with two attached hydrogens (primary N) is 1. The number of hydrogen-bond acceptors (Lipinski definition) is 6. The number of nitrogens with one attached hydrogen (secondary N) is 1. The van der Waals surface area contributed by atoms with Crippen LogP contribution in [0.5, 0.6) is 0 Å². The molecular weight excluding hydrogens is 386 g/mol. The number of hydrogen-bond donors (Lipinski definition) is 2. The van der Waals surface area contributed by atoms with Gasteiger partial charge in [0.15, 0.2) is 5.95 Å². The third-order valence-electron chi connectivity index (χ3n) is 3.83. The summed E-state index contributed by atoms with van der Waals surface area (Å²) in [6, 6.07) is 4.90. The standard InChI is InChI=1S/C17H17F4N3O4/c1-27-15(25)11-7-12(18)24(14(11)16(26)28-2)13(22)8-23-10-5-3-9(4-6-10)17(19,20)21/h3-7,13,23H,8,22H2,1-2H3/t13-/m1/s1. The highest BCUT2D eigenvalue weighted by molar-refractivity contribution is 6.02. The fraction of sp³-hybridized carbons (Fsp3) is 0.294. The number of methoxy groups -OCH3 is 2. The van der Waals surface area contributed by atoms with E-state index in [-0.39, 0.29) is 12.1 Å². The topological polar surface area (TPSA) is 95.6 Å². The molecule has 0 fully saturated rings. The maximum Gasteiger partial charge on any atom is 0.416 e. The Hall–Kier alpha value is -3.08. The first-order valence-electron chi connectivity index (χ1n) is 7.84. The van der Waals surface area contributed by atoms with E-state index in [1.807, 2.05) is 0 Å². The second-order valence-electron chi connectivity index (χ2n) is 5.61. The number of ether oxygens (including phenoxy) is 2. The molecule has 11 heteroatoms. The van der Waals surface area contributed by atoms with Gasteiger partial charge < -0.3 is 20.5 Å². The van der Waals surface area contributed by atoms with Crippen LogP contribution in [0.3, 0.4) is 0 Å². The van der Waals surface area contributed by atoms with Gasteiger partial charge in [0.05, 0.1) is 25.3 Å². The van der Waals surface area contributed by atoms with Crippen molar-refractivity contribution in [1.82, 2.24) is 4.57 Å². The molecule has 1 heterocycles. The molecule has 0 saturated carbocycles. The van der Waals surface area contributed by atoms with Gasteiger partial charge in [-0.3, -0.25) is 4.57 Å². The normalized spacial score (nSPS) is 12.4. The van der Waals surface area contributed by atoms with Crippen LogP contribution >= 0.6 is 0 Å². The molecule has 0 bridgehead atoms. The summed E-state index contributed by atoms with van der Waals surface area (Å²) >= 11 is 0. The van der Waals surface area contributed by atoms with Crippen LogP contribution < -0.4 is 11.1 Å². The van der Waals surface area contributed by atoms with Crippen LogP contribution in [-0.4, -0.2) is 37.3 Å². The summed E-state index contributed by atoms with van der Waals surface area (Å²) in [5.41, 5.74) is 4.58. The number of benzene rings is 1. The summed E-state index contributed by atoms with van der Waals surface area (Å²) in [6.45, 7) is -0.165. The molecule has 0 spiro atoms. The number of alkyl halides is 3. The van der Waals surface area contributed by atoms with Gasteiger partial charge in [-0.1, -0.05) is 0 Å². The number of halogens is 4. The lowest BCUT2D eigenvalue weighted by Crippen LogP contribution is -2.31. The van der Waals surface area contributed by atoms with Crippen molar-refractivity contribution in [3.8, 4) is 0 Å². The highest BCUT2D eigenvalue weighted by Crippen LogP contribution is 2.30. The monoisotopic (exact) mass is 403 g/mol. The first kappa shape index (κ1) is 21.2. The molecule has 0 aliphatic heterocycles. The Labute approximate surface area is 157 Å². The Kier molecular flexibility index (Phi) is 6.29. The quantitative estimate of drug-likeness (QED) is 0.569. The third-order valence-corrected chi connectivity index (χ3v) is 3.83. The molecule has 0 aliphatic carbocycles. The molecule has 2 rings (SSSR count). The van der Waals surface area contributed by atoms with Crippen molar-refractivity contribution < 1.29 is 36.6 Å². The van der Waals surface area contributed by atoms with Gasteiger partial charge in [0.2, 0.25) is 0 Å². The zero-order valence-electron chi connectivity index (χ0n) is 14.8. The molecule has 0 saturated heterocycles. The van der Waals surface area contributed by atoms with E-state index in [0.29, 0.717) is 5.69 Å². The summed E-state index contributed by atoms with van der Waals surface area (Å²) in [5, 5.41) is 2.74. The fourth-order valence-electron chi connectivity index (χ4n) is 2.48. The summed E-state index contributed by atoms with van der Waals surface area (Å²) in [5.74, 6) is -2.95. The average Bonchev–Trinajstić information content (AvgIpc) is 3.01. The van der Waals surface area contributed by atoms with Crippen molar-refractivity contribution in [3.63, 3.8) is 0 Å². The Morgan fingerprint density at radius 1 is 1.14 bits per heavy atom. The summed E-state index contributed by atoms with van der Waals surface area (Å²) in [4.78, 5) is 23.8. The van der Waals surface area contributed by atoms with E-state index in [2.05, 4.69) is 14.8 Å². The molecule has 0 unspecified atom stereocenters. The number of esters is 2. The molecule has 152 valence electrons. The van der Waals surface area contributed by atoms with Crippen LogP contribution in [-0.2, 0) is 15.7 Å². The summed E-state index contributed by atoms with van der Waals surface area (Å²) in [6.07, 6.45) is -5.65. The van der Waals surface area contributed by atoms with Gasteiger partial charge in [0.25, 0.3) is 0 Å². The van der Waals surface area contributed by atoms with E-state index < -0.39 is 41.5 Å². The minimum atomic E-state index is -4.47. The van der Waals surface area contributed by atoms with E-state index in [1.54, 1.807) is 0 Å². The van der Waals surface area contributed by atoms with Gasteiger partial charge >= 0.3 is 18.1 Å². The number of aromatic nitrogens is 1. The van der Waals surface area contributed by atoms with Crippen LogP contribution in [0.2, 0.25) is 0 Å². The highest BCUT2D eigenvalue weighted by atomic mass is 19.4. The molecule has 1 atom stereocenters. The minimum Gasteiger partial charge on any atom is -0.465 e. The number of rotatable bonds is 6. The lowest BCUT2D eigenvalue weighted by atomic mass is 10.2. The van der Waals surface area contributed by atoms with Gasteiger partial charge in [-0.15, -0.1) is 0 Å². The summed E-state index contributed by atoms with van der Waals surface area (Å²) in [7, 11) is 2.11. The molecule has 3 N–H and O–H groups in total. The molecule has 28 heavy (non-hydrogen) atoms. The van der Waals surface area contributed by atoms with Crippen molar-refractivity contribution in [3.05, 3.63) is 53.1 Å². The predicted octanol–water partition coefficient (Wildman–Crippen LogP) is 2.79. The number of carbonyl (C=O) groups is 2. The second-order valence-corrected chi connectivity index (χ2v) is 5.61. The fourth-order valence-corrected chi connectivity index (χ4v) is 2.48. The van der Waals surface area contributed by atoms with Crippen LogP contribution in [0.15, 0.2) is 30.3 Å². The Balaban J connectivity index is 2.24. The Morgan fingerprint density at radius 2 is 1.71 bits per heavy atom. The van der Waals surface area contributed by atoms with E-state index in [1.165, 1.54) is 12.1 Å². The van der Waals surface area contributed by atoms with E-state index in [4.69, 9.17) is 5.73 Å². The zero-order chi connectivity index (χ0) is 21.1. The maximum absolute atomic E-state index is 14.3. The second kappa shape index (κ2) is 8.30. The number of anilines is 1. The first-order valence-corrected chi connectivity index (χ1v) is 7.84. The van der Waals surface area contributed by atoms with Crippen molar-refractivity contribution in [1.29, 1.82) is 0 Å². The van der Waals surface area contributed by atoms with E-state index in [9.17, 15) is 27.2 Å². The summed E-state index contributed by atoms with van der Waals surface area (Å²) < 4.78 is 61.9. The predicted molar refractivity (Wildman–Crippen MR) is 90.2 cm³/mol. The molecular formula is C17H17F4N3O4. The third kappa shape index (κ3) is 4.42. The molecule has 1 aromatic carbocycles. The molecule has 7 nitrogen and oxygen atoms in total. The van der Waals surface area contributed by atoms with Gasteiger partial charge in [-0.25, -0.2) is 9.59 Å². The number of carbonyl (C=O) groups excluding carboxylic acids is 2. The average molecular weight is 403 g/mol. The van der Waals surface area contributed by atoms with E-state index in [0.717, 1.165) is 37.0 Å². The molecule has 0 amide bonds. The van der Waals surface area contributed by atoms with Gasteiger partial charge in [-0.05, 0) is 24.3 Å². The SMILES string of the molecule is COC(=O)c1cc(F)n([C@@H](N)CNc2ccc(C(F)(F)F)cc2)c1C(=O)OC. The van der Waals surface area contributed by atoms with Crippen LogP contribution in [0, 0.1) is 5.95 Å². The van der Waals surface area contributed by atoms with Crippen molar-refractivity contribution in [2.75, 3.05) is 26.1 Å². The van der Waals surface area contributed by atoms with Gasteiger partial charge in [-0.2, -0.15) is 17.6 Å². The van der Waals surface area contributed by atoms with Crippen LogP contribution in [0.4, 0.5) is 23.2 Å². The maximum atomic E-state index is 14.3. The van der Waals surface area contributed by atoms with Crippen molar-refractivity contribution in [2.24, 2.45) is 5.73 Å². The molecule has 0 radical (unpaired) electrons. The van der Waals surface area contributed by atoms with Gasteiger partial charge in [0.1, 0.15) is 11.9 Å². The molecule has 2 aromatic rings. The largest absolute Gasteiger partial charge is 0.465 e. The van der Waals surface area contributed by atoms with E-state index >= 15 is 0 Å². The van der Waals surface area contributed by atoms with Gasteiger partial charge in [0, 0.05) is 18.3 Å². The smallest absolute Gasteiger partial charge is 0.416 e. The Bertz CT molecular complexity index is 863. The highest BCUT2D eigenvalue weighted by Gasteiger charge is 2.31. The zero-order valence-corrected chi connectivity index (χ0v) is 14.8. The Morgan fingerprint density at radius 3 is 2.21 bits per heavy atom.